The van der Waals surface area contributed by atoms with Crippen LogP contribution in [-0.4, -0.2) is 40.5 Å². The van der Waals surface area contributed by atoms with Gasteiger partial charge in [-0.25, -0.2) is 0 Å². The predicted octanol–water partition coefficient (Wildman–Crippen LogP) is 4.85. The van der Waals surface area contributed by atoms with Crippen LogP contribution in [0.5, 0.6) is 0 Å². The Bertz CT molecular complexity index is 637. The molecule has 5 atom stereocenters. The van der Waals surface area contributed by atoms with Crippen molar-refractivity contribution in [3.8, 4) is 0 Å². The van der Waals surface area contributed by atoms with Crippen molar-refractivity contribution in [1.82, 2.24) is 0 Å². The number of halogens is 1. The van der Waals surface area contributed by atoms with Gasteiger partial charge in [-0.1, -0.05) is 32.4 Å². The standard InChI is InChI=1S/C19H29ClO5Si/c1-19(2,3)26(5,6)25-17(13-8-7-9-22-13)15-14-10-12(20)16(24-14)18(15)23-11-21-4/h7-10,14-18H,11H2,1-6H3/t14-,15+,16+,17+,18+/m0/s1. The normalized spacial score (nSPS) is 29.9. The Morgan fingerprint density at radius 3 is 2.62 bits per heavy atom. The fourth-order valence-electron chi connectivity index (χ4n) is 3.31. The lowest BCUT2D eigenvalue weighted by atomic mass is 9.85. The minimum absolute atomic E-state index is 0.0436. The van der Waals surface area contributed by atoms with Gasteiger partial charge in [0.1, 0.15) is 30.9 Å². The van der Waals surface area contributed by atoms with E-state index in [0.717, 1.165) is 5.76 Å². The minimum atomic E-state index is -2.05. The largest absolute Gasteiger partial charge is 0.467 e. The van der Waals surface area contributed by atoms with E-state index in [-0.39, 0.29) is 42.2 Å². The highest BCUT2D eigenvalue weighted by atomic mass is 35.5. The average Bonchev–Trinajstić information content (AvgIpc) is 3.25. The molecule has 2 bridgehead atoms. The van der Waals surface area contributed by atoms with Crippen LogP contribution in [0, 0.1) is 5.92 Å². The molecule has 3 heterocycles. The molecule has 1 fully saturated rings. The molecule has 2 aliphatic rings. The summed E-state index contributed by atoms with van der Waals surface area (Å²) in [5.74, 6) is 0.754. The van der Waals surface area contributed by atoms with Gasteiger partial charge in [0.05, 0.1) is 18.3 Å². The third kappa shape index (κ3) is 3.68. The molecule has 26 heavy (non-hydrogen) atoms. The third-order valence-corrected chi connectivity index (χ3v) is 10.5. The van der Waals surface area contributed by atoms with Crippen molar-refractivity contribution in [2.24, 2.45) is 5.92 Å². The van der Waals surface area contributed by atoms with E-state index in [1.807, 2.05) is 18.2 Å². The first-order valence-electron chi connectivity index (χ1n) is 9.00. The molecule has 0 unspecified atom stereocenters. The van der Waals surface area contributed by atoms with Crippen LogP contribution in [0.15, 0.2) is 33.9 Å². The fraction of sp³-hybridized carbons (Fsp3) is 0.684. The Labute approximate surface area is 161 Å². The Morgan fingerprint density at radius 1 is 1.31 bits per heavy atom. The van der Waals surface area contributed by atoms with Gasteiger partial charge in [-0.2, -0.15) is 0 Å². The summed E-state index contributed by atoms with van der Waals surface area (Å²) in [5, 5.41) is 0.769. The van der Waals surface area contributed by atoms with E-state index in [1.165, 1.54) is 0 Å². The summed E-state index contributed by atoms with van der Waals surface area (Å²) in [6.07, 6.45) is 2.71. The molecular weight excluding hydrogens is 372 g/mol. The van der Waals surface area contributed by atoms with Gasteiger partial charge in [-0.15, -0.1) is 0 Å². The Morgan fingerprint density at radius 2 is 2.04 bits per heavy atom. The highest BCUT2D eigenvalue weighted by molar-refractivity contribution is 6.74. The summed E-state index contributed by atoms with van der Waals surface area (Å²) >= 11 is 6.34. The van der Waals surface area contributed by atoms with Gasteiger partial charge in [-0.3, -0.25) is 0 Å². The lowest BCUT2D eigenvalue weighted by molar-refractivity contribution is -0.108. The van der Waals surface area contributed by atoms with Crippen LogP contribution in [0.2, 0.25) is 18.1 Å². The van der Waals surface area contributed by atoms with E-state index in [4.69, 9.17) is 34.7 Å². The molecule has 3 rings (SSSR count). The monoisotopic (exact) mass is 400 g/mol. The summed E-state index contributed by atoms with van der Waals surface area (Å²) < 4.78 is 29.7. The van der Waals surface area contributed by atoms with Gasteiger partial charge in [0.2, 0.25) is 0 Å². The summed E-state index contributed by atoms with van der Waals surface area (Å²) in [6, 6.07) is 3.85. The van der Waals surface area contributed by atoms with Crippen molar-refractivity contribution < 1.29 is 23.1 Å². The van der Waals surface area contributed by atoms with Gasteiger partial charge >= 0.3 is 0 Å². The molecule has 0 radical (unpaired) electrons. The first-order chi connectivity index (χ1) is 12.2. The molecule has 1 aromatic rings. The SMILES string of the molecule is COCO[C@@H]1[C@@H]([C@H](O[Si](C)(C)C(C)(C)C)c2ccco2)[C@@H]2C=C(Cl)[C@H]1O2. The molecule has 0 saturated carbocycles. The summed E-state index contributed by atoms with van der Waals surface area (Å²) in [6.45, 7) is 11.3. The Balaban J connectivity index is 1.94. The van der Waals surface area contributed by atoms with Crippen LogP contribution in [0.4, 0.5) is 0 Å². The third-order valence-electron chi connectivity index (χ3n) is 5.74. The van der Waals surface area contributed by atoms with E-state index < -0.39 is 8.32 Å². The van der Waals surface area contributed by atoms with Crippen LogP contribution in [0.25, 0.3) is 0 Å². The number of rotatable bonds is 7. The molecule has 0 aromatic carbocycles. The molecule has 2 aliphatic heterocycles. The van der Waals surface area contributed by atoms with Crippen molar-refractivity contribution in [2.75, 3.05) is 13.9 Å². The van der Waals surface area contributed by atoms with Crippen molar-refractivity contribution in [3.63, 3.8) is 0 Å². The fourth-order valence-corrected chi connectivity index (χ4v) is 4.88. The minimum Gasteiger partial charge on any atom is -0.467 e. The average molecular weight is 401 g/mol. The van der Waals surface area contributed by atoms with Crippen LogP contribution < -0.4 is 0 Å². The smallest absolute Gasteiger partial charge is 0.193 e. The topological polar surface area (TPSA) is 50.1 Å². The number of hydrogen-bond acceptors (Lipinski definition) is 5. The quantitative estimate of drug-likeness (QED) is 0.483. The predicted molar refractivity (Wildman–Crippen MR) is 103 cm³/mol. The Hall–Kier alpha value is -0.633. The zero-order valence-electron chi connectivity index (χ0n) is 16.3. The number of methoxy groups -OCH3 is 1. The van der Waals surface area contributed by atoms with Crippen molar-refractivity contribution >= 4 is 19.9 Å². The number of hydrogen-bond donors (Lipinski definition) is 0. The molecular formula is C19H29ClO5Si. The van der Waals surface area contributed by atoms with E-state index >= 15 is 0 Å². The maximum atomic E-state index is 6.80. The molecule has 146 valence electrons. The van der Waals surface area contributed by atoms with Crippen LogP contribution in [0.1, 0.15) is 32.6 Å². The van der Waals surface area contributed by atoms with Crippen LogP contribution in [-0.2, 0) is 18.6 Å². The second-order valence-electron chi connectivity index (χ2n) is 8.50. The first kappa shape index (κ1) is 20.1. The Kier molecular flexibility index (Phi) is 5.73. The van der Waals surface area contributed by atoms with Crippen molar-refractivity contribution in [2.45, 2.75) is 63.3 Å². The molecule has 0 amide bonds. The summed E-state index contributed by atoms with van der Waals surface area (Å²) in [5.41, 5.74) is 0. The zero-order valence-corrected chi connectivity index (χ0v) is 18.1. The maximum absolute atomic E-state index is 6.80. The van der Waals surface area contributed by atoms with Gasteiger partial charge < -0.3 is 23.1 Å². The summed E-state index contributed by atoms with van der Waals surface area (Å²) in [4.78, 5) is 0. The van der Waals surface area contributed by atoms with Gasteiger partial charge in [0.15, 0.2) is 8.32 Å². The molecule has 0 N–H and O–H groups in total. The second kappa shape index (κ2) is 7.41. The highest BCUT2D eigenvalue weighted by Crippen LogP contribution is 2.50. The van der Waals surface area contributed by atoms with Gasteiger partial charge in [-0.05, 0) is 36.3 Å². The van der Waals surface area contributed by atoms with Crippen molar-refractivity contribution in [3.05, 3.63) is 35.3 Å². The number of furan rings is 1. The molecule has 1 saturated heterocycles. The van der Waals surface area contributed by atoms with E-state index in [0.29, 0.717) is 5.03 Å². The van der Waals surface area contributed by atoms with Gasteiger partial charge in [0, 0.05) is 12.1 Å². The van der Waals surface area contributed by atoms with E-state index in [9.17, 15) is 0 Å². The second-order valence-corrected chi connectivity index (χ2v) is 13.7. The maximum Gasteiger partial charge on any atom is 0.193 e. The van der Waals surface area contributed by atoms with Crippen molar-refractivity contribution in [1.29, 1.82) is 0 Å². The number of ether oxygens (including phenoxy) is 3. The van der Waals surface area contributed by atoms with E-state index in [2.05, 4.69) is 33.9 Å². The van der Waals surface area contributed by atoms with Crippen LogP contribution >= 0.6 is 11.6 Å². The molecule has 7 heteroatoms. The number of fused-ring (bicyclic) bond motifs is 2. The molecule has 5 nitrogen and oxygen atoms in total. The summed E-state index contributed by atoms with van der Waals surface area (Å²) in [7, 11) is -0.445. The lowest BCUT2D eigenvalue weighted by Gasteiger charge is -2.42. The molecule has 0 aliphatic carbocycles. The van der Waals surface area contributed by atoms with E-state index in [1.54, 1.807) is 13.4 Å². The van der Waals surface area contributed by atoms with Crippen LogP contribution in [0.3, 0.4) is 0 Å². The molecule has 1 aromatic heterocycles. The molecule has 0 spiro atoms. The highest BCUT2D eigenvalue weighted by Gasteiger charge is 2.56. The zero-order chi connectivity index (χ0) is 19.1. The first-order valence-corrected chi connectivity index (χ1v) is 12.3. The van der Waals surface area contributed by atoms with Gasteiger partial charge in [0.25, 0.3) is 0 Å². The lowest BCUT2D eigenvalue weighted by Crippen LogP contribution is -2.46.